The lowest BCUT2D eigenvalue weighted by Gasteiger charge is -2.01. The van der Waals surface area contributed by atoms with Crippen molar-refractivity contribution >= 4 is 16.9 Å². The Labute approximate surface area is 114 Å². The summed E-state index contributed by atoms with van der Waals surface area (Å²) >= 11 is 0. The second kappa shape index (κ2) is 4.30. The van der Waals surface area contributed by atoms with Crippen LogP contribution < -0.4 is 5.32 Å². The van der Waals surface area contributed by atoms with Crippen molar-refractivity contribution in [3.8, 4) is 11.3 Å². The third-order valence-electron chi connectivity index (χ3n) is 3.39. The first-order valence-electron chi connectivity index (χ1n) is 6.58. The van der Waals surface area contributed by atoms with Crippen molar-refractivity contribution in [2.45, 2.75) is 18.9 Å². The SMILES string of the molecule is Fc1ccc(-c2noc3nc(NC4CC4)ccc23)cc1. The van der Waals surface area contributed by atoms with E-state index in [1.54, 1.807) is 12.1 Å². The molecule has 0 unspecified atom stereocenters. The molecule has 1 aliphatic carbocycles. The van der Waals surface area contributed by atoms with E-state index >= 15 is 0 Å². The number of nitrogens with one attached hydrogen (secondary N) is 1. The van der Waals surface area contributed by atoms with Crippen molar-refractivity contribution in [3.63, 3.8) is 0 Å². The van der Waals surface area contributed by atoms with Crippen molar-refractivity contribution in [1.29, 1.82) is 0 Å². The Bertz CT molecular complexity index is 762. The van der Waals surface area contributed by atoms with Gasteiger partial charge in [-0.1, -0.05) is 5.16 Å². The van der Waals surface area contributed by atoms with Crippen LogP contribution in [0.4, 0.5) is 10.2 Å². The molecular formula is C15H12FN3O. The Morgan fingerprint density at radius 3 is 2.65 bits per heavy atom. The predicted molar refractivity (Wildman–Crippen MR) is 73.8 cm³/mol. The highest BCUT2D eigenvalue weighted by Gasteiger charge is 2.22. The molecular weight excluding hydrogens is 257 g/mol. The molecule has 0 radical (unpaired) electrons. The molecule has 0 spiro atoms. The average Bonchev–Trinajstić information content (AvgIpc) is 3.17. The zero-order valence-electron chi connectivity index (χ0n) is 10.6. The molecule has 0 aliphatic heterocycles. The topological polar surface area (TPSA) is 51.0 Å². The lowest BCUT2D eigenvalue weighted by Crippen LogP contribution is -2.02. The fourth-order valence-corrected chi connectivity index (χ4v) is 2.16. The van der Waals surface area contributed by atoms with Gasteiger partial charge in [0.1, 0.15) is 17.3 Å². The highest BCUT2D eigenvalue weighted by Crippen LogP contribution is 2.29. The van der Waals surface area contributed by atoms with E-state index < -0.39 is 0 Å². The molecule has 1 saturated carbocycles. The monoisotopic (exact) mass is 269 g/mol. The van der Waals surface area contributed by atoms with Crippen LogP contribution in [-0.4, -0.2) is 16.2 Å². The molecule has 0 atom stereocenters. The van der Waals surface area contributed by atoms with Gasteiger partial charge in [0, 0.05) is 11.6 Å². The van der Waals surface area contributed by atoms with E-state index in [0.29, 0.717) is 17.4 Å². The molecule has 1 aliphatic rings. The third-order valence-corrected chi connectivity index (χ3v) is 3.39. The van der Waals surface area contributed by atoms with Crippen LogP contribution in [0.2, 0.25) is 0 Å². The normalized spacial score (nSPS) is 14.7. The minimum Gasteiger partial charge on any atom is -0.367 e. The highest BCUT2D eigenvalue weighted by molar-refractivity contribution is 5.90. The summed E-state index contributed by atoms with van der Waals surface area (Å²) < 4.78 is 18.2. The molecule has 1 aromatic carbocycles. The number of fused-ring (bicyclic) bond motifs is 1. The summed E-state index contributed by atoms with van der Waals surface area (Å²) in [6, 6.07) is 10.6. The van der Waals surface area contributed by atoms with Crippen molar-refractivity contribution in [2.75, 3.05) is 5.32 Å². The smallest absolute Gasteiger partial charge is 0.260 e. The molecule has 2 aromatic heterocycles. The van der Waals surface area contributed by atoms with Gasteiger partial charge < -0.3 is 9.84 Å². The van der Waals surface area contributed by atoms with E-state index in [1.165, 1.54) is 25.0 Å². The largest absolute Gasteiger partial charge is 0.367 e. The number of hydrogen-bond acceptors (Lipinski definition) is 4. The Morgan fingerprint density at radius 1 is 1.10 bits per heavy atom. The van der Waals surface area contributed by atoms with Gasteiger partial charge in [-0.2, -0.15) is 4.98 Å². The van der Waals surface area contributed by atoms with E-state index in [4.69, 9.17) is 4.52 Å². The summed E-state index contributed by atoms with van der Waals surface area (Å²) in [7, 11) is 0. The standard InChI is InChI=1S/C15H12FN3O/c16-10-3-1-9(2-4-10)14-12-7-8-13(17-11-5-6-11)18-15(12)20-19-14/h1-4,7-8,11H,5-6H2,(H,17,18). The number of benzene rings is 1. The maximum absolute atomic E-state index is 13.0. The van der Waals surface area contributed by atoms with Crippen LogP contribution in [-0.2, 0) is 0 Å². The number of pyridine rings is 1. The number of anilines is 1. The maximum atomic E-state index is 13.0. The van der Waals surface area contributed by atoms with Gasteiger partial charge in [-0.25, -0.2) is 4.39 Å². The van der Waals surface area contributed by atoms with Crippen LogP contribution in [0.15, 0.2) is 40.9 Å². The Kier molecular flexibility index (Phi) is 2.45. The maximum Gasteiger partial charge on any atom is 0.260 e. The molecule has 4 rings (SSSR count). The van der Waals surface area contributed by atoms with E-state index in [9.17, 15) is 4.39 Å². The second-order valence-corrected chi connectivity index (χ2v) is 5.01. The van der Waals surface area contributed by atoms with Crippen LogP contribution in [0.3, 0.4) is 0 Å². The average molecular weight is 269 g/mol. The van der Waals surface area contributed by atoms with Crippen molar-refractivity contribution in [2.24, 2.45) is 0 Å². The van der Waals surface area contributed by atoms with Crippen LogP contribution >= 0.6 is 0 Å². The van der Waals surface area contributed by atoms with E-state index in [-0.39, 0.29) is 5.82 Å². The number of rotatable bonds is 3. The molecule has 100 valence electrons. The van der Waals surface area contributed by atoms with Crippen molar-refractivity contribution < 1.29 is 8.91 Å². The lowest BCUT2D eigenvalue weighted by atomic mass is 10.1. The van der Waals surface area contributed by atoms with Gasteiger partial charge in [0.05, 0.1) is 5.39 Å². The van der Waals surface area contributed by atoms with E-state index in [1.807, 2.05) is 12.1 Å². The predicted octanol–water partition coefficient (Wildman–Crippen LogP) is 3.60. The van der Waals surface area contributed by atoms with E-state index in [0.717, 1.165) is 16.8 Å². The van der Waals surface area contributed by atoms with Gasteiger partial charge in [-0.3, -0.25) is 0 Å². The fourth-order valence-electron chi connectivity index (χ4n) is 2.16. The quantitative estimate of drug-likeness (QED) is 0.789. The number of nitrogens with zero attached hydrogens (tertiary/aromatic N) is 2. The molecule has 0 amide bonds. The molecule has 0 saturated heterocycles. The van der Waals surface area contributed by atoms with Gasteiger partial charge >= 0.3 is 0 Å². The Hall–Kier alpha value is -2.43. The lowest BCUT2D eigenvalue weighted by molar-refractivity contribution is 0.452. The molecule has 2 heterocycles. The molecule has 20 heavy (non-hydrogen) atoms. The second-order valence-electron chi connectivity index (χ2n) is 5.01. The number of halogens is 1. The minimum atomic E-state index is -0.268. The number of aromatic nitrogens is 2. The summed E-state index contributed by atoms with van der Waals surface area (Å²) in [6.07, 6.45) is 2.38. The molecule has 4 nitrogen and oxygen atoms in total. The van der Waals surface area contributed by atoms with Gasteiger partial charge in [0.2, 0.25) is 0 Å². The summed E-state index contributed by atoms with van der Waals surface area (Å²) in [5.74, 6) is 0.539. The Morgan fingerprint density at radius 2 is 1.90 bits per heavy atom. The highest BCUT2D eigenvalue weighted by atomic mass is 19.1. The van der Waals surface area contributed by atoms with E-state index in [2.05, 4.69) is 15.5 Å². The molecule has 3 aromatic rings. The first-order valence-corrected chi connectivity index (χ1v) is 6.58. The van der Waals surface area contributed by atoms with Gasteiger partial charge in [0.25, 0.3) is 5.71 Å². The Balaban J connectivity index is 1.75. The fraction of sp³-hybridized carbons (Fsp3) is 0.200. The zero-order valence-corrected chi connectivity index (χ0v) is 10.6. The number of hydrogen-bond donors (Lipinski definition) is 1. The van der Waals surface area contributed by atoms with Gasteiger partial charge in [-0.15, -0.1) is 0 Å². The van der Waals surface area contributed by atoms with Crippen LogP contribution in [0.25, 0.3) is 22.4 Å². The molecule has 1 N–H and O–H groups in total. The molecule has 1 fully saturated rings. The van der Waals surface area contributed by atoms with Gasteiger partial charge in [-0.05, 0) is 49.2 Å². The first-order chi connectivity index (χ1) is 9.79. The zero-order chi connectivity index (χ0) is 13.5. The third kappa shape index (κ3) is 2.01. The van der Waals surface area contributed by atoms with Crippen LogP contribution in [0, 0.1) is 5.82 Å². The van der Waals surface area contributed by atoms with Crippen LogP contribution in [0.5, 0.6) is 0 Å². The van der Waals surface area contributed by atoms with Crippen molar-refractivity contribution in [1.82, 2.24) is 10.1 Å². The van der Waals surface area contributed by atoms with Crippen LogP contribution in [0.1, 0.15) is 12.8 Å². The summed E-state index contributed by atoms with van der Waals surface area (Å²) in [4.78, 5) is 4.40. The molecule has 5 heteroatoms. The van der Waals surface area contributed by atoms with Gasteiger partial charge in [0.15, 0.2) is 0 Å². The van der Waals surface area contributed by atoms with Crippen molar-refractivity contribution in [3.05, 3.63) is 42.2 Å². The summed E-state index contributed by atoms with van der Waals surface area (Å²) in [5, 5.41) is 8.19. The summed E-state index contributed by atoms with van der Waals surface area (Å²) in [5.41, 5.74) is 2.00. The minimum absolute atomic E-state index is 0.268. The summed E-state index contributed by atoms with van der Waals surface area (Å²) in [6.45, 7) is 0. The first kappa shape index (κ1) is 11.4. The molecule has 0 bridgehead atoms.